The molecular weight excluding hydrogens is 371 g/mol. The highest BCUT2D eigenvalue weighted by Crippen LogP contribution is 2.23. The minimum Gasteiger partial charge on any atom is -0.305 e. The molecule has 0 saturated heterocycles. The number of benzene rings is 2. The number of amides is 1. The zero-order valence-electron chi connectivity index (χ0n) is 13.8. The molecule has 0 aliphatic heterocycles. The number of carbonyl (C=O) groups is 1. The van der Waals surface area contributed by atoms with E-state index in [-0.39, 0.29) is 17.1 Å². The van der Waals surface area contributed by atoms with Gasteiger partial charge in [0.15, 0.2) is 5.82 Å². The van der Waals surface area contributed by atoms with Gasteiger partial charge in [-0.3, -0.25) is 14.9 Å². The Labute approximate surface area is 157 Å². The van der Waals surface area contributed by atoms with Crippen LogP contribution >= 0.6 is 11.8 Å². The smallest absolute Gasteiger partial charge is 0.269 e. The summed E-state index contributed by atoms with van der Waals surface area (Å²) < 4.78 is 13.6. The van der Waals surface area contributed by atoms with Crippen molar-refractivity contribution in [3.8, 4) is 0 Å². The number of hydrogen-bond acceptors (Lipinski definition) is 6. The van der Waals surface area contributed by atoms with Gasteiger partial charge in [-0.2, -0.15) is 0 Å². The van der Waals surface area contributed by atoms with Gasteiger partial charge in [0.2, 0.25) is 0 Å². The molecule has 0 unspecified atom stereocenters. The highest BCUT2D eigenvalue weighted by Gasteiger charge is 2.12. The second-order valence-electron chi connectivity index (χ2n) is 5.41. The number of halogens is 1. The SMILES string of the molecule is O=C(Nc1ccc(SCc2cccc([N+](=O)[O-])c2)nn1)c1ccccc1F. The summed E-state index contributed by atoms with van der Waals surface area (Å²) in [4.78, 5) is 22.4. The summed E-state index contributed by atoms with van der Waals surface area (Å²) in [5, 5.41) is 21.8. The van der Waals surface area contributed by atoms with E-state index in [1.54, 1.807) is 30.3 Å². The number of non-ortho nitro benzene ring substituents is 1. The zero-order valence-corrected chi connectivity index (χ0v) is 14.6. The van der Waals surface area contributed by atoms with E-state index in [1.165, 1.54) is 42.1 Å². The Morgan fingerprint density at radius 3 is 2.63 bits per heavy atom. The fraction of sp³-hybridized carbons (Fsp3) is 0.0556. The van der Waals surface area contributed by atoms with E-state index in [4.69, 9.17) is 0 Å². The van der Waals surface area contributed by atoms with E-state index >= 15 is 0 Å². The van der Waals surface area contributed by atoms with Crippen molar-refractivity contribution in [1.29, 1.82) is 0 Å². The normalized spacial score (nSPS) is 10.4. The molecule has 27 heavy (non-hydrogen) atoms. The second-order valence-corrected chi connectivity index (χ2v) is 6.40. The predicted molar refractivity (Wildman–Crippen MR) is 99.0 cm³/mol. The lowest BCUT2D eigenvalue weighted by Gasteiger charge is -2.05. The van der Waals surface area contributed by atoms with Crippen molar-refractivity contribution < 1.29 is 14.1 Å². The molecule has 0 atom stereocenters. The minimum absolute atomic E-state index is 0.0328. The molecule has 9 heteroatoms. The highest BCUT2D eigenvalue weighted by atomic mass is 32.2. The lowest BCUT2D eigenvalue weighted by atomic mass is 10.2. The molecule has 1 heterocycles. The number of rotatable bonds is 6. The van der Waals surface area contributed by atoms with Crippen LogP contribution in [0.2, 0.25) is 0 Å². The summed E-state index contributed by atoms with van der Waals surface area (Å²) in [5.74, 6) is -0.550. The van der Waals surface area contributed by atoms with Crippen molar-refractivity contribution in [2.75, 3.05) is 5.32 Å². The molecule has 1 N–H and O–H groups in total. The van der Waals surface area contributed by atoms with Crippen molar-refractivity contribution in [1.82, 2.24) is 10.2 Å². The van der Waals surface area contributed by atoms with Gasteiger partial charge in [0.25, 0.3) is 11.6 Å². The maximum absolute atomic E-state index is 13.6. The first-order valence-electron chi connectivity index (χ1n) is 7.78. The largest absolute Gasteiger partial charge is 0.305 e. The summed E-state index contributed by atoms with van der Waals surface area (Å²) in [6.07, 6.45) is 0. The van der Waals surface area contributed by atoms with E-state index < -0.39 is 16.6 Å². The van der Waals surface area contributed by atoms with Crippen molar-refractivity contribution in [2.24, 2.45) is 0 Å². The summed E-state index contributed by atoms with van der Waals surface area (Å²) in [6, 6.07) is 15.2. The summed E-state index contributed by atoms with van der Waals surface area (Å²) >= 11 is 1.35. The quantitative estimate of drug-likeness (QED) is 0.391. The lowest BCUT2D eigenvalue weighted by molar-refractivity contribution is -0.384. The van der Waals surface area contributed by atoms with Gasteiger partial charge in [-0.25, -0.2) is 4.39 Å². The number of nitro benzene ring substituents is 1. The van der Waals surface area contributed by atoms with E-state index in [0.717, 1.165) is 5.56 Å². The van der Waals surface area contributed by atoms with Gasteiger partial charge in [0, 0.05) is 17.9 Å². The summed E-state index contributed by atoms with van der Waals surface area (Å²) in [7, 11) is 0. The van der Waals surface area contributed by atoms with Crippen LogP contribution < -0.4 is 5.32 Å². The van der Waals surface area contributed by atoms with Crippen LogP contribution in [-0.4, -0.2) is 21.0 Å². The maximum Gasteiger partial charge on any atom is 0.269 e. The Morgan fingerprint density at radius 1 is 1.11 bits per heavy atom. The van der Waals surface area contributed by atoms with Crippen molar-refractivity contribution >= 4 is 29.2 Å². The number of thioether (sulfide) groups is 1. The van der Waals surface area contributed by atoms with Crippen LogP contribution in [-0.2, 0) is 5.75 Å². The number of anilines is 1. The Kier molecular flexibility index (Phi) is 5.72. The number of nitro groups is 1. The third-order valence-corrected chi connectivity index (χ3v) is 4.50. The molecule has 0 radical (unpaired) electrons. The Balaban J connectivity index is 1.60. The zero-order chi connectivity index (χ0) is 19.2. The Morgan fingerprint density at radius 2 is 1.93 bits per heavy atom. The third-order valence-electron chi connectivity index (χ3n) is 3.51. The molecule has 0 aliphatic carbocycles. The number of nitrogens with one attached hydrogen (secondary N) is 1. The molecule has 1 aromatic heterocycles. The van der Waals surface area contributed by atoms with Gasteiger partial charge >= 0.3 is 0 Å². The first-order valence-corrected chi connectivity index (χ1v) is 8.77. The monoisotopic (exact) mass is 384 g/mol. The molecule has 3 aromatic rings. The van der Waals surface area contributed by atoms with E-state index in [0.29, 0.717) is 10.8 Å². The number of nitrogens with zero attached hydrogens (tertiary/aromatic N) is 3. The van der Waals surface area contributed by atoms with E-state index in [9.17, 15) is 19.3 Å². The number of carbonyl (C=O) groups excluding carboxylic acids is 1. The van der Waals surface area contributed by atoms with Crippen molar-refractivity contribution in [2.45, 2.75) is 10.8 Å². The number of aromatic nitrogens is 2. The molecule has 0 aliphatic rings. The van der Waals surface area contributed by atoms with Crippen LogP contribution in [0, 0.1) is 15.9 Å². The second kappa shape index (κ2) is 8.37. The molecule has 1 amide bonds. The molecule has 0 saturated carbocycles. The first-order chi connectivity index (χ1) is 13.0. The molecule has 7 nitrogen and oxygen atoms in total. The van der Waals surface area contributed by atoms with Gasteiger partial charge in [0.1, 0.15) is 10.8 Å². The van der Waals surface area contributed by atoms with Crippen LogP contribution in [0.15, 0.2) is 65.7 Å². The lowest BCUT2D eigenvalue weighted by Crippen LogP contribution is -2.14. The maximum atomic E-state index is 13.6. The van der Waals surface area contributed by atoms with Gasteiger partial charge in [0.05, 0.1) is 10.5 Å². The number of hydrogen-bond donors (Lipinski definition) is 1. The third kappa shape index (κ3) is 4.85. The molecule has 0 fully saturated rings. The Hall–Kier alpha value is -3.33. The van der Waals surface area contributed by atoms with Crippen molar-refractivity contribution in [3.63, 3.8) is 0 Å². The topological polar surface area (TPSA) is 98.0 Å². The van der Waals surface area contributed by atoms with Crippen LogP contribution in [0.5, 0.6) is 0 Å². The first kappa shape index (κ1) is 18.5. The fourth-order valence-electron chi connectivity index (χ4n) is 2.21. The van der Waals surface area contributed by atoms with Gasteiger partial charge in [-0.1, -0.05) is 36.0 Å². The average molecular weight is 384 g/mol. The molecule has 2 aromatic carbocycles. The minimum atomic E-state index is -0.618. The van der Waals surface area contributed by atoms with Crippen LogP contribution in [0.4, 0.5) is 15.9 Å². The molecular formula is C18H13FN4O3S. The van der Waals surface area contributed by atoms with Gasteiger partial charge < -0.3 is 5.32 Å². The highest BCUT2D eigenvalue weighted by molar-refractivity contribution is 7.98. The molecule has 0 spiro atoms. The van der Waals surface area contributed by atoms with Gasteiger partial charge in [-0.15, -0.1) is 10.2 Å². The predicted octanol–water partition coefficient (Wildman–Crippen LogP) is 4.07. The fourth-order valence-corrected chi connectivity index (χ4v) is 2.97. The van der Waals surface area contributed by atoms with Crippen LogP contribution in [0.25, 0.3) is 0 Å². The summed E-state index contributed by atoms with van der Waals surface area (Å²) in [6.45, 7) is 0. The summed E-state index contributed by atoms with van der Waals surface area (Å²) in [5.41, 5.74) is 0.738. The molecule has 3 rings (SSSR count). The molecule has 136 valence electrons. The molecule has 0 bridgehead atoms. The van der Waals surface area contributed by atoms with Crippen LogP contribution in [0.3, 0.4) is 0 Å². The van der Waals surface area contributed by atoms with Gasteiger partial charge in [-0.05, 0) is 29.8 Å². The standard InChI is InChI=1S/C18H13FN4O3S/c19-15-7-2-1-6-14(15)18(24)20-16-8-9-17(22-21-16)27-11-12-4-3-5-13(10-12)23(25)26/h1-10H,11H2,(H,20,21,24). The Bertz CT molecular complexity index is 982. The van der Waals surface area contributed by atoms with Crippen LogP contribution in [0.1, 0.15) is 15.9 Å². The van der Waals surface area contributed by atoms with Crippen molar-refractivity contribution in [3.05, 3.63) is 87.7 Å². The average Bonchev–Trinajstić information content (AvgIpc) is 2.68. The van der Waals surface area contributed by atoms with E-state index in [1.807, 2.05) is 0 Å². The van der Waals surface area contributed by atoms with E-state index in [2.05, 4.69) is 15.5 Å².